The van der Waals surface area contributed by atoms with Gasteiger partial charge >= 0.3 is 0 Å². The van der Waals surface area contributed by atoms with Crippen molar-refractivity contribution in [1.29, 1.82) is 0 Å². The Morgan fingerprint density at radius 2 is 1.68 bits per heavy atom. The highest BCUT2D eigenvalue weighted by molar-refractivity contribution is 6.01. The van der Waals surface area contributed by atoms with E-state index < -0.39 is 29.1 Å². The highest BCUT2D eigenvalue weighted by Gasteiger charge is 2.78. The zero-order chi connectivity index (χ0) is 43.3. The van der Waals surface area contributed by atoms with Gasteiger partial charge in [0, 0.05) is 47.9 Å². The van der Waals surface area contributed by atoms with Crippen molar-refractivity contribution < 1.29 is 39.0 Å². The van der Waals surface area contributed by atoms with Crippen LogP contribution in [0, 0.1) is 28.6 Å². The van der Waals surface area contributed by atoms with Gasteiger partial charge in [-0.1, -0.05) is 69.3 Å². The second-order valence-corrected chi connectivity index (χ2v) is 18.7. The Morgan fingerprint density at radius 3 is 2.28 bits per heavy atom. The number of benzene rings is 3. The fourth-order valence-corrected chi connectivity index (χ4v) is 10.8. The van der Waals surface area contributed by atoms with Crippen molar-refractivity contribution in [3.63, 3.8) is 0 Å². The molecule has 3 amide bonds. The molecule has 5 fully saturated rings. The predicted octanol–water partition coefficient (Wildman–Crippen LogP) is 4.70. The van der Waals surface area contributed by atoms with E-state index in [0.717, 1.165) is 17.0 Å². The van der Waals surface area contributed by atoms with E-state index in [-0.39, 0.29) is 53.6 Å². The summed E-state index contributed by atoms with van der Waals surface area (Å²) in [6, 6.07) is 19.5. The summed E-state index contributed by atoms with van der Waals surface area (Å²) in [7, 11) is 8.37. The molecule has 3 aromatic rings. The maximum absolute atomic E-state index is 14.6. The molecule has 1 aliphatic heterocycles. The van der Waals surface area contributed by atoms with Crippen molar-refractivity contribution in [3.05, 3.63) is 89.0 Å². The molecule has 324 valence electrons. The third-order valence-corrected chi connectivity index (χ3v) is 14.4. The predicted molar refractivity (Wildman–Crippen MR) is 228 cm³/mol. The number of rotatable bonds is 15. The van der Waals surface area contributed by atoms with Crippen LogP contribution < -0.4 is 15.4 Å². The second kappa shape index (κ2) is 16.8. The Balaban J connectivity index is 1.21. The molecule has 5 aliphatic rings. The Bertz CT molecular complexity index is 2080. The highest BCUT2D eigenvalue weighted by Crippen LogP contribution is 2.66. The van der Waals surface area contributed by atoms with Crippen LogP contribution in [0.4, 0.5) is 0 Å². The molecule has 2 bridgehead atoms. The first-order valence-electron chi connectivity index (χ1n) is 21.2. The summed E-state index contributed by atoms with van der Waals surface area (Å²) in [5.41, 5.74) is 1.46. The van der Waals surface area contributed by atoms with Crippen molar-refractivity contribution in [1.82, 2.24) is 25.7 Å². The summed E-state index contributed by atoms with van der Waals surface area (Å²) in [6.07, 6.45) is 2.20. The lowest BCUT2D eigenvalue weighted by molar-refractivity contribution is -0.183. The first kappa shape index (κ1) is 43.7. The summed E-state index contributed by atoms with van der Waals surface area (Å²) < 4.78 is 6.11. The molecule has 13 heteroatoms. The van der Waals surface area contributed by atoms with E-state index in [1.54, 1.807) is 37.3 Å². The minimum atomic E-state index is -1.22. The number of fused-ring (bicyclic) bond motifs is 2. The molecule has 4 N–H and O–H groups in total. The first-order valence-corrected chi connectivity index (χ1v) is 21.2. The van der Waals surface area contributed by atoms with Crippen molar-refractivity contribution in [2.75, 3.05) is 48.5 Å². The molecule has 8 rings (SSSR count). The van der Waals surface area contributed by atoms with E-state index in [2.05, 4.69) is 31.4 Å². The monoisotopic (exact) mass is 825 g/mol. The molecule has 1 heterocycles. The molecule has 0 radical (unpaired) electrons. The third-order valence-electron chi connectivity index (χ3n) is 14.4. The topological polar surface area (TPSA) is 153 Å². The number of ether oxygens (including phenoxy) is 1. The minimum Gasteiger partial charge on any atom is -0.496 e. The largest absolute Gasteiger partial charge is 0.496 e. The molecule has 3 aromatic carbocycles. The number of hydroxylamine groups is 4. The summed E-state index contributed by atoms with van der Waals surface area (Å²) in [5.74, 6) is 0.815. The van der Waals surface area contributed by atoms with Crippen molar-refractivity contribution in [3.8, 4) is 16.9 Å². The van der Waals surface area contributed by atoms with Crippen LogP contribution in [0.15, 0.2) is 66.7 Å². The number of carbonyl (C=O) groups excluding carboxylic acids is 3. The number of hydrogen-bond donors (Lipinski definition) is 4. The fraction of sp³-hybridized carbons (Fsp3) is 0.553. The van der Waals surface area contributed by atoms with Crippen LogP contribution in [-0.2, 0) is 27.4 Å². The number of carbonyl (C=O) groups is 3. The van der Waals surface area contributed by atoms with Gasteiger partial charge in [-0.2, -0.15) is 5.06 Å². The average Bonchev–Trinajstić information content (AvgIpc) is 3.64. The van der Waals surface area contributed by atoms with Gasteiger partial charge in [0.25, 0.3) is 11.8 Å². The van der Waals surface area contributed by atoms with Crippen molar-refractivity contribution >= 4 is 17.7 Å². The lowest BCUT2D eigenvalue weighted by Crippen LogP contribution is -2.62. The van der Waals surface area contributed by atoms with Crippen LogP contribution in [0.3, 0.4) is 0 Å². The van der Waals surface area contributed by atoms with Crippen molar-refractivity contribution in [2.24, 2.45) is 28.6 Å². The molecule has 4 saturated carbocycles. The Kier molecular flexibility index (Phi) is 12.3. The number of para-hydroxylation sites is 1. The maximum Gasteiger partial charge on any atom is 0.277 e. The first-order chi connectivity index (χ1) is 28.4. The van der Waals surface area contributed by atoms with Gasteiger partial charge in [-0.3, -0.25) is 24.1 Å². The average molecular weight is 826 g/mol. The molecule has 1 saturated heterocycles. The van der Waals surface area contributed by atoms with Crippen LogP contribution >= 0.6 is 0 Å². The quantitative estimate of drug-likeness (QED) is 0.159. The van der Waals surface area contributed by atoms with Gasteiger partial charge in [-0.15, -0.1) is 0 Å². The molecule has 4 aliphatic carbocycles. The van der Waals surface area contributed by atoms with Crippen molar-refractivity contribution in [2.45, 2.75) is 89.8 Å². The number of methoxy groups -OCH3 is 1. The zero-order valence-electron chi connectivity index (χ0n) is 36.5. The lowest BCUT2D eigenvalue weighted by atomic mass is 9.45. The molecule has 9 atom stereocenters. The summed E-state index contributed by atoms with van der Waals surface area (Å²) >= 11 is 0. The molecular weight excluding hydrogens is 763 g/mol. The normalized spacial score (nSPS) is 29.5. The van der Waals surface area contributed by atoms with E-state index >= 15 is 0 Å². The molecule has 60 heavy (non-hydrogen) atoms. The zero-order valence-corrected chi connectivity index (χ0v) is 36.5. The Hall–Kier alpha value is -4.37. The number of likely N-dealkylation sites (N-methyl/N-ethyl adjacent to an activating group) is 1. The summed E-state index contributed by atoms with van der Waals surface area (Å²) in [6.45, 7) is 8.90. The van der Waals surface area contributed by atoms with Crippen LogP contribution in [0.1, 0.15) is 78.8 Å². The van der Waals surface area contributed by atoms with Gasteiger partial charge < -0.3 is 30.5 Å². The molecular formula is C47H63N5O8. The Labute approximate surface area is 354 Å². The van der Waals surface area contributed by atoms with Gasteiger partial charge in [-0.25, -0.2) is 5.06 Å². The Morgan fingerprint density at radius 1 is 0.983 bits per heavy atom. The number of amides is 3. The van der Waals surface area contributed by atoms with Gasteiger partial charge in [-0.05, 0) is 99.2 Å². The van der Waals surface area contributed by atoms with Gasteiger partial charge in [0.15, 0.2) is 0 Å². The van der Waals surface area contributed by atoms with E-state index in [9.17, 15) is 24.6 Å². The van der Waals surface area contributed by atoms with Crippen LogP contribution in [0.25, 0.3) is 11.1 Å². The molecule has 13 nitrogen and oxygen atoms in total. The third kappa shape index (κ3) is 7.96. The number of nitrogens with one attached hydrogen (secondary N) is 2. The SMILES string of the molecule is COc1c(CN2O[C@@H](CO)[C@]3(CC3(C)O)[C@H]2C(=O)N[C@H]2C[C@H]3C[C@@H]([C@@H]2C)C3(C)C)cccc1-c1cc(C(=O)NC(Cc2ccccc2)CN(C)C)cc(C(=O)N(C)OC)c1. The number of nitrogens with zero attached hydrogens (tertiary/aromatic N) is 3. The van der Waals surface area contributed by atoms with E-state index in [1.165, 1.54) is 20.6 Å². The van der Waals surface area contributed by atoms with E-state index in [4.69, 9.17) is 14.4 Å². The van der Waals surface area contributed by atoms with Crippen LogP contribution in [0.5, 0.6) is 5.75 Å². The highest BCUT2D eigenvalue weighted by atomic mass is 16.7. The van der Waals surface area contributed by atoms with Gasteiger partial charge in [0.2, 0.25) is 5.91 Å². The maximum atomic E-state index is 14.6. The number of hydrogen-bond acceptors (Lipinski definition) is 10. The lowest BCUT2D eigenvalue weighted by Gasteiger charge is -2.62. The summed E-state index contributed by atoms with van der Waals surface area (Å²) in [4.78, 5) is 56.0. The fourth-order valence-electron chi connectivity index (χ4n) is 10.8. The smallest absolute Gasteiger partial charge is 0.277 e. The molecule has 0 aromatic heterocycles. The van der Waals surface area contributed by atoms with Gasteiger partial charge in [0.05, 0.1) is 38.4 Å². The number of aliphatic hydroxyl groups is 2. The second-order valence-electron chi connectivity index (χ2n) is 18.7. The number of aliphatic hydroxyl groups excluding tert-OH is 1. The van der Waals surface area contributed by atoms with Gasteiger partial charge in [0.1, 0.15) is 17.9 Å². The molecule has 1 spiro atoms. The standard InChI is InChI=1S/C47H63N5O8/c1-28-37-22-34(45(37,2)3)23-38(28)49-43(55)41-47(27-46(47,4)57)39(26-53)60-52(41)24-30-16-13-17-36(40(30)58-8)31-19-32(21-33(20-31)44(56)51(7)59-9)42(54)48-35(25-50(5)6)18-29-14-11-10-12-15-29/h10-17,19-21,28,34-35,37-39,41,53,57H,18,22-27H2,1-9H3,(H,48,54)(H,49,55)/t28-,34+,35?,37-,38-,39-,41+,46?,47+/m0/s1. The van der Waals surface area contributed by atoms with Crippen LogP contribution in [0.2, 0.25) is 0 Å². The van der Waals surface area contributed by atoms with E-state index in [0.29, 0.717) is 59.6 Å². The summed E-state index contributed by atoms with van der Waals surface area (Å²) in [5, 5.41) is 31.4. The van der Waals surface area contributed by atoms with Crippen LogP contribution in [-0.4, -0.2) is 121 Å². The minimum absolute atomic E-state index is 0.00190. The van der Waals surface area contributed by atoms with E-state index in [1.807, 2.05) is 67.5 Å². The molecule has 2 unspecified atom stereocenters.